The van der Waals surface area contributed by atoms with Gasteiger partial charge >= 0.3 is 0 Å². The lowest BCUT2D eigenvalue weighted by molar-refractivity contribution is -0.125. The number of nitrogens with one attached hydrogen (secondary N) is 1. The number of halogens is 1. The Labute approximate surface area is 183 Å². The number of nitrogens with zero attached hydrogens (tertiary/aromatic N) is 2. The van der Waals surface area contributed by atoms with E-state index in [1.807, 2.05) is 64.4 Å². The molecule has 0 saturated heterocycles. The number of hydrogen-bond donors (Lipinski definition) is 1. The van der Waals surface area contributed by atoms with E-state index in [4.69, 9.17) is 9.57 Å². The number of amides is 1. The minimum absolute atomic E-state index is 0.203. The van der Waals surface area contributed by atoms with E-state index >= 15 is 0 Å². The summed E-state index contributed by atoms with van der Waals surface area (Å²) in [7, 11) is 0. The number of pyridine rings is 1. The third-order valence-corrected chi connectivity index (χ3v) is 5.77. The number of oxime groups is 1. The van der Waals surface area contributed by atoms with Crippen LogP contribution >= 0.6 is 34.4 Å². The molecule has 0 saturated carbocycles. The van der Waals surface area contributed by atoms with Gasteiger partial charge in [-0.1, -0.05) is 5.16 Å². The van der Waals surface area contributed by atoms with Crippen LogP contribution in [0.1, 0.15) is 34.1 Å². The Bertz CT molecular complexity index is 930. The summed E-state index contributed by atoms with van der Waals surface area (Å²) in [6, 6.07) is 7.67. The first-order valence-electron chi connectivity index (χ1n) is 8.92. The Hall–Kier alpha value is -1.55. The Morgan fingerprint density at radius 1 is 1.39 bits per heavy atom. The van der Waals surface area contributed by atoms with Crippen molar-refractivity contribution in [1.29, 1.82) is 0 Å². The zero-order chi connectivity index (χ0) is 20.5. The van der Waals surface area contributed by atoms with E-state index in [0.29, 0.717) is 12.2 Å². The van der Waals surface area contributed by atoms with Crippen LogP contribution in [0.4, 0.5) is 0 Å². The summed E-state index contributed by atoms with van der Waals surface area (Å²) in [5.41, 5.74) is 0.0657. The lowest BCUT2D eigenvalue weighted by Crippen LogP contribution is -2.53. The van der Waals surface area contributed by atoms with Crippen LogP contribution in [0.2, 0.25) is 0 Å². The Balaban J connectivity index is 1.71. The molecule has 6 nitrogen and oxygen atoms in total. The second kappa shape index (κ2) is 8.06. The monoisotopic (exact) mass is 513 g/mol. The molecule has 1 aliphatic heterocycles. The Kier molecular flexibility index (Phi) is 6.09. The lowest BCUT2D eigenvalue weighted by Gasteiger charge is -2.28. The molecule has 150 valence electrons. The predicted octanol–water partition coefficient (Wildman–Crippen LogP) is 4.36. The maximum atomic E-state index is 12.9. The molecule has 2 heterocycles. The third kappa shape index (κ3) is 4.89. The molecule has 1 N–H and O–H groups in total. The van der Waals surface area contributed by atoms with Crippen molar-refractivity contribution >= 4 is 56.9 Å². The number of carbonyl (C=O) groups is 1. The van der Waals surface area contributed by atoms with Crippen molar-refractivity contribution in [3.8, 4) is 5.75 Å². The van der Waals surface area contributed by atoms with E-state index in [1.54, 1.807) is 0 Å². The van der Waals surface area contributed by atoms with Crippen LogP contribution in [-0.2, 0) is 9.63 Å². The highest BCUT2D eigenvalue weighted by Gasteiger charge is 2.39. The highest BCUT2D eigenvalue weighted by atomic mass is 127. The molecule has 1 unspecified atom stereocenters. The molecule has 0 spiro atoms. The van der Waals surface area contributed by atoms with Gasteiger partial charge in [-0.2, -0.15) is 0 Å². The summed E-state index contributed by atoms with van der Waals surface area (Å²) in [6.45, 7) is 7.81. The van der Waals surface area contributed by atoms with Gasteiger partial charge in [-0.05, 0) is 80.8 Å². The summed E-state index contributed by atoms with van der Waals surface area (Å²) in [6.07, 6.45) is 4.34. The molecule has 1 aliphatic rings. The van der Waals surface area contributed by atoms with Gasteiger partial charge < -0.3 is 14.9 Å². The first kappa shape index (κ1) is 21.2. The van der Waals surface area contributed by atoms with E-state index in [1.165, 1.54) is 11.8 Å². The van der Waals surface area contributed by atoms with Crippen LogP contribution in [0.3, 0.4) is 0 Å². The van der Waals surface area contributed by atoms with Crippen LogP contribution in [-0.4, -0.2) is 39.4 Å². The molecular weight excluding hydrogens is 489 g/mol. The van der Waals surface area contributed by atoms with Crippen LogP contribution < -0.4 is 10.1 Å². The molecule has 1 amide bonds. The Morgan fingerprint density at radius 3 is 2.79 bits per heavy atom. The normalized spacial score (nSPS) is 17.0. The quantitative estimate of drug-likeness (QED) is 0.459. The molecule has 28 heavy (non-hydrogen) atoms. The van der Waals surface area contributed by atoms with Crippen molar-refractivity contribution in [1.82, 2.24) is 10.3 Å². The lowest BCUT2D eigenvalue weighted by atomic mass is 9.90. The highest BCUT2D eigenvalue weighted by molar-refractivity contribution is 14.1. The number of fused-ring (bicyclic) bond motifs is 1. The number of aromatic nitrogens is 1. The highest BCUT2D eigenvalue weighted by Crippen LogP contribution is 2.28. The first-order valence-corrected chi connectivity index (χ1v) is 11.3. The molecule has 1 aromatic heterocycles. The van der Waals surface area contributed by atoms with Gasteiger partial charge in [-0.15, -0.1) is 11.8 Å². The fourth-order valence-electron chi connectivity index (χ4n) is 2.91. The molecule has 0 aliphatic carbocycles. The second-order valence-corrected chi connectivity index (χ2v) is 10.0. The molecule has 0 bridgehead atoms. The van der Waals surface area contributed by atoms with E-state index in [0.717, 1.165) is 20.2 Å². The number of hydrogen-bond acceptors (Lipinski definition) is 6. The number of thioether (sulfide) groups is 1. The topological polar surface area (TPSA) is 72.8 Å². The molecule has 0 fully saturated rings. The fourth-order valence-corrected chi connectivity index (χ4v) is 3.86. The van der Waals surface area contributed by atoms with Gasteiger partial charge in [0.25, 0.3) is 5.91 Å². The van der Waals surface area contributed by atoms with Gasteiger partial charge in [0.2, 0.25) is 5.44 Å². The zero-order valence-electron chi connectivity index (χ0n) is 16.6. The summed E-state index contributed by atoms with van der Waals surface area (Å²) >= 11 is 3.57. The molecule has 3 rings (SSSR count). The van der Waals surface area contributed by atoms with E-state index in [2.05, 4.69) is 38.0 Å². The first-order chi connectivity index (χ1) is 13.1. The fraction of sp³-hybridized carbons (Fsp3) is 0.450. The smallest absolute Gasteiger partial charge is 0.272 e. The van der Waals surface area contributed by atoms with Crippen molar-refractivity contribution in [3.63, 3.8) is 0 Å². The van der Waals surface area contributed by atoms with Crippen molar-refractivity contribution < 1.29 is 14.4 Å². The van der Waals surface area contributed by atoms with Crippen LogP contribution in [0.5, 0.6) is 5.75 Å². The van der Waals surface area contributed by atoms with Gasteiger partial charge in [0.05, 0.1) is 16.8 Å². The average molecular weight is 513 g/mol. The summed E-state index contributed by atoms with van der Waals surface area (Å²) in [5.74, 6) is 0.428. The number of ether oxygens (including phenoxy) is 1. The maximum Gasteiger partial charge on any atom is 0.272 e. The van der Waals surface area contributed by atoms with E-state index < -0.39 is 11.0 Å². The van der Waals surface area contributed by atoms with Gasteiger partial charge in [-0.3, -0.25) is 9.78 Å². The van der Waals surface area contributed by atoms with E-state index in [9.17, 15) is 4.79 Å². The molecule has 2 aromatic rings. The largest absolute Gasteiger partial charge is 0.470 e. The van der Waals surface area contributed by atoms with Crippen LogP contribution in [0, 0.1) is 3.57 Å². The number of rotatable bonds is 6. The van der Waals surface area contributed by atoms with Gasteiger partial charge in [0.15, 0.2) is 0 Å². The zero-order valence-corrected chi connectivity index (χ0v) is 19.6. The average Bonchev–Trinajstić information content (AvgIpc) is 2.99. The van der Waals surface area contributed by atoms with Gasteiger partial charge in [0, 0.05) is 21.6 Å². The number of carbonyl (C=O) groups excluding carboxylic acids is 1. The molecular formula is C20H24IN3O3S. The third-order valence-electron chi connectivity index (χ3n) is 4.44. The SMILES string of the molecule is CSC(Oc1ccc2ncc(I)cc2c1)C(=O)NC(C)(C)C1=NOC(C)(C)C1. The minimum Gasteiger partial charge on any atom is -0.470 e. The molecule has 0 radical (unpaired) electrons. The molecule has 1 atom stereocenters. The Morgan fingerprint density at radius 2 is 2.14 bits per heavy atom. The van der Waals surface area contributed by atoms with Crippen molar-refractivity contribution in [3.05, 3.63) is 34.0 Å². The predicted molar refractivity (Wildman–Crippen MR) is 122 cm³/mol. The minimum atomic E-state index is -0.677. The second-order valence-electron chi connectivity index (χ2n) is 7.87. The molecule has 8 heteroatoms. The van der Waals surface area contributed by atoms with Crippen molar-refractivity contribution in [2.24, 2.45) is 5.16 Å². The van der Waals surface area contributed by atoms with Crippen LogP contribution in [0.25, 0.3) is 10.9 Å². The van der Waals surface area contributed by atoms with Crippen molar-refractivity contribution in [2.45, 2.75) is 50.7 Å². The number of benzene rings is 1. The standard InChI is InChI=1S/C20H24IN3O3S/c1-19(2)10-16(24-27-19)20(3,4)23-17(25)18(28-5)26-14-6-7-15-12(9-14)8-13(21)11-22-15/h6-9,11,18H,10H2,1-5H3,(H,23,25). The van der Waals surface area contributed by atoms with Gasteiger partial charge in [0.1, 0.15) is 11.4 Å². The van der Waals surface area contributed by atoms with Crippen LogP contribution in [0.15, 0.2) is 35.6 Å². The van der Waals surface area contributed by atoms with E-state index in [-0.39, 0.29) is 11.5 Å². The summed E-state index contributed by atoms with van der Waals surface area (Å²) in [4.78, 5) is 22.7. The summed E-state index contributed by atoms with van der Waals surface area (Å²) in [5, 5.41) is 8.19. The van der Waals surface area contributed by atoms with Crippen molar-refractivity contribution in [2.75, 3.05) is 6.26 Å². The maximum absolute atomic E-state index is 12.9. The molecule has 1 aromatic carbocycles. The summed E-state index contributed by atoms with van der Waals surface area (Å²) < 4.78 is 7.02. The van der Waals surface area contributed by atoms with Gasteiger partial charge in [-0.25, -0.2) is 0 Å².